The number of carboxylic acid groups (broad SMARTS) is 1. The second-order valence-corrected chi connectivity index (χ2v) is 6.19. The van der Waals surface area contributed by atoms with E-state index in [2.05, 4.69) is 15.6 Å². The van der Waals surface area contributed by atoms with Gasteiger partial charge in [0.1, 0.15) is 0 Å². The SMILES string of the molecule is CC(C)(NCC(=O)Nc1nccs1)C(C)(C)C(=O)O. The molecule has 1 rings (SSSR count). The van der Waals surface area contributed by atoms with Crippen molar-refractivity contribution in [3.63, 3.8) is 0 Å². The van der Waals surface area contributed by atoms with Gasteiger partial charge in [-0.05, 0) is 27.7 Å². The molecule has 1 amide bonds. The maximum absolute atomic E-state index is 11.7. The zero-order chi connectivity index (χ0) is 14.7. The number of anilines is 1. The summed E-state index contributed by atoms with van der Waals surface area (Å²) in [5, 5.41) is 17.1. The third kappa shape index (κ3) is 3.74. The number of aromatic nitrogens is 1. The van der Waals surface area contributed by atoms with Crippen LogP contribution in [-0.4, -0.2) is 34.1 Å². The molecule has 0 bridgehead atoms. The van der Waals surface area contributed by atoms with Crippen molar-refractivity contribution in [2.75, 3.05) is 11.9 Å². The molecule has 6 nitrogen and oxygen atoms in total. The number of hydrogen-bond donors (Lipinski definition) is 3. The summed E-state index contributed by atoms with van der Waals surface area (Å²) < 4.78 is 0. The van der Waals surface area contributed by atoms with Gasteiger partial charge < -0.3 is 15.7 Å². The van der Waals surface area contributed by atoms with E-state index in [9.17, 15) is 14.7 Å². The van der Waals surface area contributed by atoms with Crippen LogP contribution in [0.5, 0.6) is 0 Å². The van der Waals surface area contributed by atoms with Crippen LogP contribution in [0.15, 0.2) is 11.6 Å². The Kier molecular flexibility index (Phi) is 4.65. The van der Waals surface area contributed by atoms with Crippen molar-refractivity contribution in [2.24, 2.45) is 5.41 Å². The smallest absolute Gasteiger partial charge is 0.310 e. The van der Waals surface area contributed by atoms with Gasteiger partial charge in [0.25, 0.3) is 0 Å². The fourth-order valence-electron chi connectivity index (χ4n) is 1.24. The average Bonchev–Trinajstić information content (AvgIpc) is 2.78. The van der Waals surface area contributed by atoms with Crippen LogP contribution in [0.4, 0.5) is 5.13 Å². The minimum atomic E-state index is -0.992. The molecular formula is C12H19N3O3S. The maximum atomic E-state index is 11.7. The summed E-state index contributed by atoms with van der Waals surface area (Å²) in [7, 11) is 0. The molecule has 0 aromatic carbocycles. The number of nitrogens with one attached hydrogen (secondary N) is 2. The summed E-state index contributed by atoms with van der Waals surface area (Å²) in [5.41, 5.74) is -1.71. The summed E-state index contributed by atoms with van der Waals surface area (Å²) in [6.07, 6.45) is 1.60. The average molecular weight is 285 g/mol. The first kappa shape index (κ1) is 15.6. The van der Waals surface area contributed by atoms with Gasteiger partial charge in [0.2, 0.25) is 5.91 Å². The number of carboxylic acids is 1. The molecule has 0 aliphatic carbocycles. The van der Waals surface area contributed by atoms with Gasteiger partial charge in [-0.3, -0.25) is 9.59 Å². The lowest BCUT2D eigenvalue weighted by Crippen LogP contribution is -2.56. The minimum absolute atomic E-state index is 0.0310. The quantitative estimate of drug-likeness (QED) is 0.738. The van der Waals surface area contributed by atoms with Crippen molar-refractivity contribution in [1.82, 2.24) is 10.3 Å². The standard InChI is InChI=1S/C12H19N3O3S/c1-11(2,9(17)18)12(3,4)14-7-8(16)15-10-13-5-6-19-10/h5-6,14H,7H2,1-4H3,(H,17,18)(H,13,15,16). The van der Waals surface area contributed by atoms with Crippen molar-refractivity contribution in [3.05, 3.63) is 11.6 Å². The van der Waals surface area contributed by atoms with Crippen LogP contribution in [0, 0.1) is 5.41 Å². The molecule has 0 aliphatic heterocycles. The Balaban J connectivity index is 2.56. The predicted octanol–water partition coefficient (Wildman–Crippen LogP) is 1.56. The molecule has 0 fully saturated rings. The van der Waals surface area contributed by atoms with Crippen LogP contribution in [0.25, 0.3) is 0 Å². The van der Waals surface area contributed by atoms with E-state index in [1.807, 2.05) is 0 Å². The lowest BCUT2D eigenvalue weighted by atomic mass is 9.74. The molecular weight excluding hydrogens is 266 g/mol. The molecule has 1 heterocycles. The molecule has 0 saturated heterocycles. The number of nitrogens with zero attached hydrogens (tertiary/aromatic N) is 1. The van der Waals surface area contributed by atoms with E-state index in [1.54, 1.807) is 39.3 Å². The molecule has 0 saturated carbocycles. The zero-order valence-electron chi connectivity index (χ0n) is 11.5. The van der Waals surface area contributed by atoms with Crippen LogP contribution in [-0.2, 0) is 9.59 Å². The van der Waals surface area contributed by atoms with Crippen molar-refractivity contribution in [2.45, 2.75) is 33.2 Å². The van der Waals surface area contributed by atoms with E-state index in [4.69, 9.17) is 0 Å². The van der Waals surface area contributed by atoms with Gasteiger partial charge in [-0.25, -0.2) is 4.98 Å². The van der Waals surface area contributed by atoms with Crippen molar-refractivity contribution in [1.29, 1.82) is 0 Å². The number of carbonyl (C=O) groups excluding carboxylic acids is 1. The zero-order valence-corrected chi connectivity index (χ0v) is 12.3. The summed E-state index contributed by atoms with van der Waals surface area (Å²) in [6.45, 7) is 6.81. The highest BCUT2D eigenvalue weighted by Gasteiger charge is 2.43. The molecule has 3 N–H and O–H groups in total. The fraction of sp³-hybridized carbons (Fsp3) is 0.583. The Morgan fingerprint density at radius 3 is 2.47 bits per heavy atom. The van der Waals surface area contributed by atoms with Gasteiger partial charge in [-0.2, -0.15) is 0 Å². The number of rotatable bonds is 6. The monoisotopic (exact) mass is 285 g/mol. The van der Waals surface area contributed by atoms with Gasteiger partial charge in [-0.1, -0.05) is 0 Å². The molecule has 0 spiro atoms. The molecule has 1 aromatic rings. The van der Waals surface area contributed by atoms with Crippen LogP contribution in [0.3, 0.4) is 0 Å². The first-order valence-corrected chi connectivity index (χ1v) is 6.72. The first-order valence-electron chi connectivity index (χ1n) is 5.84. The van der Waals surface area contributed by atoms with Gasteiger partial charge in [0.15, 0.2) is 5.13 Å². The third-order valence-electron chi connectivity index (χ3n) is 3.47. The van der Waals surface area contributed by atoms with Gasteiger partial charge in [0.05, 0.1) is 12.0 Å². The number of amides is 1. The molecule has 0 aliphatic rings. The van der Waals surface area contributed by atoms with Crippen LogP contribution >= 0.6 is 11.3 Å². The lowest BCUT2D eigenvalue weighted by Gasteiger charge is -2.38. The van der Waals surface area contributed by atoms with Gasteiger partial charge in [-0.15, -0.1) is 11.3 Å². The molecule has 1 aromatic heterocycles. The van der Waals surface area contributed by atoms with Crippen molar-refractivity contribution >= 4 is 28.3 Å². The van der Waals surface area contributed by atoms with Gasteiger partial charge in [0, 0.05) is 17.1 Å². The van der Waals surface area contributed by atoms with Crippen LogP contribution in [0.1, 0.15) is 27.7 Å². The molecule has 0 atom stereocenters. The molecule has 0 unspecified atom stereocenters. The molecule has 7 heteroatoms. The summed E-state index contributed by atoms with van der Waals surface area (Å²) in [5.74, 6) is -1.16. The highest BCUT2D eigenvalue weighted by molar-refractivity contribution is 7.13. The molecule has 106 valence electrons. The fourth-order valence-corrected chi connectivity index (χ4v) is 1.78. The highest BCUT2D eigenvalue weighted by Crippen LogP contribution is 2.30. The summed E-state index contributed by atoms with van der Waals surface area (Å²) in [4.78, 5) is 26.9. The van der Waals surface area contributed by atoms with E-state index in [1.165, 1.54) is 11.3 Å². The topological polar surface area (TPSA) is 91.3 Å². The number of hydrogen-bond acceptors (Lipinski definition) is 5. The van der Waals surface area contributed by atoms with E-state index in [0.717, 1.165) is 0 Å². The third-order valence-corrected chi connectivity index (χ3v) is 4.16. The summed E-state index contributed by atoms with van der Waals surface area (Å²) >= 11 is 1.33. The summed E-state index contributed by atoms with van der Waals surface area (Å²) in [6, 6.07) is 0. The minimum Gasteiger partial charge on any atom is -0.481 e. The second kappa shape index (κ2) is 5.66. The number of carbonyl (C=O) groups is 2. The first-order chi connectivity index (χ1) is 8.67. The lowest BCUT2D eigenvalue weighted by molar-refractivity contribution is -0.151. The van der Waals surface area contributed by atoms with Crippen LogP contribution < -0.4 is 10.6 Å². The Morgan fingerprint density at radius 1 is 1.37 bits per heavy atom. The second-order valence-electron chi connectivity index (χ2n) is 5.29. The molecule has 19 heavy (non-hydrogen) atoms. The van der Waals surface area contributed by atoms with Crippen molar-refractivity contribution in [3.8, 4) is 0 Å². The number of aliphatic carboxylic acids is 1. The Hall–Kier alpha value is -1.47. The maximum Gasteiger partial charge on any atom is 0.310 e. The van der Waals surface area contributed by atoms with E-state index in [-0.39, 0.29) is 12.5 Å². The van der Waals surface area contributed by atoms with E-state index in [0.29, 0.717) is 5.13 Å². The van der Waals surface area contributed by atoms with Gasteiger partial charge >= 0.3 is 5.97 Å². The Bertz CT molecular complexity index is 455. The predicted molar refractivity (Wildman–Crippen MR) is 74.2 cm³/mol. The normalized spacial score (nSPS) is 12.2. The van der Waals surface area contributed by atoms with Crippen molar-refractivity contribution < 1.29 is 14.7 Å². The number of thiazole rings is 1. The van der Waals surface area contributed by atoms with E-state index < -0.39 is 16.9 Å². The van der Waals surface area contributed by atoms with E-state index >= 15 is 0 Å². The Morgan fingerprint density at radius 2 is 2.00 bits per heavy atom. The largest absolute Gasteiger partial charge is 0.481 e. The molecule has 0 radical (unpaired) electrons. The highest BCUT2D eigenvalue weighted by atomic mass is 32.1. The van der Waals surface area contributed by atoms with Crippen LogP contribution in [0.2, 0.25) is 0 Å². The Labute approximate surface area is 116 Å².